The van der Waals surface area contributed by atoms with Gasteiger partial charge in [-0.15, -0.1) is 0 Å². The summed E-state index contributed by atoms with van der Waals surface area (Å²) in [6.45, 7) is 6.00. The summed E-state index contributed by atoms with van der Waals surface area (Å²) < 4.78 is 0. The van der Waals surface area contributed by atoms with E-state index in [0.29, 0.717) is 0 Å². The standard InChI is InChI=1S/C15H19N3O3/c1-8(2)10-6-4-5-9(3)13(10)16-12(19)7-11-14(20)17-18-15(11)21/h4-6,8,11H,7H2,1-3H3,(H,16,19)(H,17,20)(H,18,21). The van der Waals surface area contributed by atoms with Gasteiger partial charge in [0.1, 0.15) is 5.92 Å². The molecular weight excluding hydrogens is 270 g/mol. The molecule has 1 aliphatic heterocycles. The van der Waals surface area contributed by atoms with Crippen molar-refractivity contribution < 1.29 is 14.4 Å². The van der Waals surface area contributed by atoms with Crippen molar-refractivity contribution in [2.45, 2.75) is 33.1 Å². The zero-order chi connectivity index (χ0) is 15.6. The van der Waals surface area contributed by atoms with Gasteiger partial charge in [-0.25, -0.2) is 0 Å². The summed E-state index contributed by atoms with van der Waals surface area (Å²) in [4.78, 5) is 35.0. The molecule has 1 aromatic carbocycles. The molecule has 0 aliphatic carbocycles. The maximum absolute atomic E-state index is 12.1. The third-order valence-electron chi connectivity index (χ3n) is 3.52. The van der Waals surface area contributed by atoms with Crippen molar-refractivity contribution >= 4 is 23.4 Å². The van der Waals surface area contributed by atoms with Crippen molar-refractivity contribution in [1.82, 2.24) is 10.9 Å². The summed E-state index contributed by atoms with van der Waals surface area (Å²) in [6.07, 6.45) is -0.163. The fourth-order valence-electron chi connectivity index (χ4n) is 2.32. The zero-order valence-corrected chi connectivity index (χ0v) is 12.3. The molecule has 0 bridgehead atoms. The minimum Gasteiger partial charge on any atom is -0.326 e. The molecule has 1 aromatic rings. The number of carbonyl (C=O) groups is 3. The van der Waals surface area contributed by atoms with Gasteiger partial charge in [-0.05, 0) is 24.0 Å². The van der Waals surface area contributed by atoms with Crippen LogP contribution in [0.25, 0.3) is 0 Å². The highest BCUT2D eigenvalue weighted by atomic mass is 16.2. The Labute approximate surface area is 123 Å². The number of hydrazine groups is 1. The van der Waals surface area contributed by atoms with Gasteiger partial charge in [0.2, 0.25) is 5.91 Å². The van der Waals surface area contributed by atoms with Crippen molar-refractivity contribution in [3.63, 3.8) is 0 Å². The first-order valence-electron chi connectivity index (χ1n) is 6.89. The van der Waals surface area contributed by atoms with Crippen molar-refractivity contribution in [3.8, 4) is 0 Å². The average Bonchev–Trinajstić information content (AvgIpc) is 2.72. The first kappa shape index (κ1) is 15.0. The van der Waals surface area contributed by atoms with Crippen molar-refractivity contribution in [2.75, 3.05) is 5.32 Å². The van der Waals surface area contributed by atoms with Crippen LogP contribution in [-0.2, 0) is 14.4 Å². The smallest absolute Gasteiger partial charge is 0.251 e. The maximum atomic E-state index is 12.1. The molecule has 6 heteroatoms. The van der Waals surface area contributed by atoms with E-state index < -0.39 is 17.7 Å². The lowest BCUT2D eigenvalue weighted by Crippen LogP contribution is -2.28. The molecule has 1 fully saturated rings. The SMILES string of the molecule is Cc1cccc(C(C)C)c1NC(=O)CC1C(=O)NNC1=O. The van der Waals surface area contributed by atoms with Gasteiger partial charge in [0.25, 0.3) is 11.8 Å². The zero-order valence-electron chi connectivity index (χ0n) is 12.3. The molecule has 3 amide bonds. The molecule has 0 saturated carbocycles. The Hall–Kier alpha value is -2.37. The monoisotopic (exact) mass is 289 g/mol. The number of carbonyl (C=O) groups excluding carboxylic acids is 3. The van der Waals surface area contributed by atoms with Crippen LogP contribution >= 0.6 is 0 Å². The predicted molar refractivity (Wildman–Crippen MR) is 78.3 cm³/mol. The summed E-state index contributed by atoms with van der Waals surface area (Å²) >= 11 is 0. The van der Waals surface area contributed by atoms with Crippen LogP contribution in [-0.4, -0.2) is 17.7 Å². The van der Waals surface area contributed by atoms with Gasteiger partial charge in [-0.1, -0.05) is 32.0 Å². The number of amides is 3. The lowest BCUT2D eigenvalue weighted by molar-refractivity contribution is -0.131. The van der Waals surface area contributed by atoms with Crippen molar-refractivity contribution in [1.29, 1.82) is 0 Å². The highest BCUT2D eigenvalue weighted by Gasteiger charge is 2.34. The van der Waals surface area contributed by atoms with Crippen LogP contribution < -0.4 is 16.2 Å². The van der Waals surface area contributed by atoms with E-state index in [2.05, 4.69) is 16.2 Å². The van der Waals surface area contributed by atoms with E-state index in [0.717, 1.165) is 16.8 Å². The third kappa shape index (κ3) is 3.21. The summed E-state index contributed by atoms with van der Waals surface area (Å²) in [5, 5.41) is 2.83. The molecular formula is C15H19N3O3. The molecule has 3 N–H and O–H groups in total. The quantitative estimate of drug-likeness (QED) is 0.728. The summed E-state index contributed by atoms with van der Waals surface area (Å²) in [6, 6.07) is 5.82. The molecule has 1 heterocycles. The Kier molecular flexibility index (Phi) is 4.26. The van der Waals surface area contributed by atoms with Crippen LogP contribution in [0.15, 0.2) is 18.2 Å². The number of rotatable bonds is 4. The first-order valence-corrected chi connectivity index (χ1v) is 6.89. The Bertz CT molecular complexity index is 580. The number of anilines is 1. The molecule has 0 spiro atoms. The average molecular weight is 289 g/mol. The molecule has 1 aliphatic rings. The topological polar surface area (TPSA) is 87.3 Å². The Balaban J connectivity index is 2.13. The summed E-state index contributed by atoms with van der Waals surface area (Å²) in [7, 11) is 0. The van der Waals surface area contributed by atoms with E-state index in [4.69, 9.17) is 0 Å². The molecule has 1 saturated heterocycles. The van der Waals surface area contributed by atoms with E-state index >= 15 is 0 Å². The highest BCUT2D eigenvalue weighted by Crippen LogP contribution is 2.27. The lowest BCUT2D eigenvalue weighted by Gasteiger charge is -2.16. The van der Waals surface area contributed by atoms with E-state index in [1.54, 1.807) is 0 Å². The predicted octanol–water partition coefficient (Wildman–Crippen LogP) is 1.22. The number of aryl methyl sites for hydroxylation is 1. The minimum atomic E-state index is -0.962. The van der Waals surface area contributed by atoms with E-state index in [1.165, 1.54) is 0 Å². The molecule has 0 aromatic heterocycles. The second-order valence-electron chi connectivity index (χ2n) is 5.48. The molecule has 0 radical (unpaired) electrons. The number of hydrogen-bond donors (Lipinski definition) is 3. The molecule has 0 atom stereocenters. The van der Waals surface area contributed by atoms with Crippen molar-refractivity contribution in [2.24, 2.45) is 5.92 Å². The molecule has 21 heavy (non-hydrogen) atoms. The fourth-order valence-corrected chi connectivity index (χ4v) is 2.32. The molecule has 2 rings (SSSR count). The largest absolute Gasteiger partial charge is 0.326 e. The Morgan fingerprint density at radius 2 is 1.86 bits per heavy atom. The summed E-state index contributed by atoms with van der Waals surface area (Å²) in [5.41, 5.74) is 7.17. The van der Waals surface area contributed by atoms with Crippen LogP contribution in [0.2, 0.25) is 0 Å². The van der Waals surface area contributed by atoms with Gasteiger partial charge in [0.15, 0.2) is 0 Å². The Morgan fingerprint density at radius 3 is 2.43 bits per heavy atom. The van der Waals surface area contributed by atoms with Gasteiger partial charge in [-0.2, -0.15) is 0 Å². The lowest BCUT2D eigenvalue weighted by atomic mass is 9.97. The van der Waals surface area contributed by atoms with Gasteiger partial charge in [0.05, 0.1) is 0 Å². The normalized spacial score (nSPS) is 15.0. The minimum absolute atomic E-state index is 0.163. The van der Waals surface area contributed by atoms with Crippen LogP contribution in [0.3, 0.4) is 0 Å². The number of para-hydroxylation sites is 1. The number of nitrogens with one attached hydrogen (secondary N) is 3. The second kappa shape index (κ2) is 5.95. The first-order chi connectivity index (χ1) is 9.90. The van der Waals surface area contributed by atoms with Gasteiger partial charge in [-0.3, -0.25) is 25.2 Å². The molecule has 112 valence electrons. The van der Waals surface area contributed by atoms with Crippen molar-refractivity contribution in [3.05, 3.63) is 29.3 Å². The van der Waals surface area contributed by atoms with E-state index in [-0.39, 0.29) is 18.2 Å². The van der Waals surface area contributed by atoms with Crippen LogP contribution in [0, 0.1) is 12.8 Å². The number of benzene rings is 1. The summed E-state index contributed by atoms with van der Waals surface area (Å²) in [5.74, 6) is -1.98. The number of hydrogen-bond acceptors (Lipinski definition) is 3. The van der Waals surface area contributed by atoms with Gasteiger partial charge < -0.3 is 5.32 Å². The van der Waals surface area contributed by atoms with Crippen LogP contribution in [0.1, 0.15) is 37.3 Å². The van der Waals surface area contributed by atoms with Gasteiger partial charge in [0, 0.05) is 12.1 Å². The maximum Gasteiger partial charge on any atom is 0.251 e. The molecule has 0 unspecified atom stereocenters. The highest BCUT2D eigenvalue weighted by molar-refractivity contribution is 6.09. The second-order valence-corrected chi connectivity index (χ2v) is 5.48. The van der Waals surface area contributed by atoms with E-state index in [1.807, 2.05) is 39.0 Å². The van der Waals surface area contributed by atoms with Crippen LogP contribution in [0.5, 0.6) is 0 Å². The van der Waals surface area contributed by atoms with E-state index in [9.17, 15) is 14.4 Å². The third-order valence-corrected chi connectivity index (χ3v) is 3.52. The van der Waals surface area contributed by atoms with Crippen LogP contribution in [0.4, 0.5) is 5.69 Å². The molecule has 6 nitrogen and oxygen atoms in total. The van der Waals surface area contributed by atoms with Gasteiger partial charge >= 0.3 is 0 Å². The Morgan fingerprint density at radius 1 is 1.24 bits per heavy atom. The fraction of sp³-hybridized carbons (Fsp3) is 0.400.